The standard InChI is InChI=1S/C8H10N4O3S2.In/c1-6(8(10)13)16-4-7(3-11-5-9)12-17(2,14)15;/h3,9,12H,1H2,2H3,(H2,10,13);/q;+1/p-1. The minimum absolute atomic E-state index is 0.122. The van der Waals surface area contributed by atoms with E-state index >= 15 is 0 Å². The monoisotopic (exact) mass is 388 g/mol. The Kier molecular flexibility index (Phi) is 4.89. The Morgan fingerprint density at radius 1 is 1.72 bits per heavy atom. The zero-order valence-corrected chi connectivity index (χ0v) is 14.3. The van der Waals surface area contributed by atoms with Gasteiger partial charge in [-0.2, -0.15) is 0 Å². The molecule has 1 heterocycles. The summed E-state index contributed by atoms with van der Waals surface area (Å²) in [7, 11) is -3.43. The molecule has 0 unspecified atom stereocenters. The van der Waals surface area contributed by atoms with E-state index in [1.165, 1.54) is 9.09 Å². The molecule has 0 saturated carbocycles. The van der Waals surface area contributed by atoms with E-state index in [1.807, 2.05) is 6.19 Å². The van der Waals surface area contributed by atoms with Crippen molar-refractivity contribution < 1.29 is 13.2 Å². The van der Waals surface area contributed by atoms with E-state index in [4.69, 9.17) is 11.0 Å². The number of hydrogen-bond acceptors (Lipinski definition) is 6. The number of nitrogens with two attached hydrogens (primary N) is 1. The Morgan fingerprint density at radius 2 is 2.33 bits per heavy atom. The summed E-state index contributed by atoms with van der Waals surface area (Å²) in [4.78, 5) is 11.0. The molecular formula is C8H9InN4O3S2. The van der Waals surface area contributed by atoms with E-state index in [-0.39, 0.29) is 4.91 Å². The topological polar surface area (TPSA) is 116 Å². The predicted molar refractivity (Wildman–Crippen MR) is 70.2 cm³/mol. The van der Waals surface area contributed by atoms with Gasteiger partial charge in [-0.25, -0.2) is 0 Å². The van der Waals surface area contributed by atoms with Gasteiger partial charge in [0.25, 0.3) is 0 Å². The molecule has 1 aliphatic heterocycles. The summed E-state index contributed by atoms with van der Waals surface area (Å²) >= 11 is -0.618. The van der Waals surface area contributed by atoms with Crippen LogP contribution in [0.15, 0.2) is 23.4 Å². The predicted octanol–water partition coefficient (Wildman–Crippen LogP) is -1.35. The molecule has 0 aliphatic carbocycles. The molecule has 94 valence electrons. The fourth-order valence-electron chi connectivity index (χ4n) is 1.03. The number of hydrogen-bond donors (Lipinski definition) is 2. The average Bonchev–Trinajstić information content (AvgIpc) is 2.58. The molecule has 0 aromatic heterocycles. The summed E-state index contributed by atoms with van der Waals surface area (Å²) in [6.45, 7) is 3.49. The zero-order valence-electron chi connectivity index (χ0n) is 9.37. The molecule has 0 atom stereocenters. The van der Waals surface area contributed by atoms with Crippen LogP contribution in [0, 0.1) is 11.5 Å². The second-order valence-electron chi connectivity index (χ2n) is 3.31. The summed E-state index contributed by atoms with van der Waals surface area (Å²) < 4.78 is 26.8. The van der Waals surface area contributed by atoms with E-state index < -0.39 is 38.6 Å². The van der Waals surface area contributed by atoms with Gasteiger partial charge in [0, 0.05) is 0 Å². The summed E-state index contributed by atoms with van der Waals surface area (Å²) in [5.41, 5.74) is 5.39. The van der Waals surface area contributed by atoms with Crippen molar-refractivity contribution in [2.24, 2.45) is 5.73 Å². The van der Waals surface area contributed by atoms with Crippen molar-refractivity contribution in [3.63, 3.8) is 0 Å². The Bertz CT molecular complexity index is 602. The van der Waals surface area contributed by atoms with E-state index in [9.17, 15) is 13.2 Å². The Hall–Kier alpha value is -0.920. The molecule has 18 heavy (non-hydrogen) atoms. The van der Waals surface area contributed by atoms with Crippen molar-refractivity contribution in [2.45, 2.75) is 0 Å². The van der Waals surface area contributed by atoms with Crippen LogP contribution in [0.4, 0.5) is 0 Å². The molecule has 0 aromatic carbocycles. The molecule has 1 aliphatic rings. The van der Waals surface area contributed by atoms with Gasteiger partial charge in [0.15, 0.2) is 0 Å². The van der Waals surface area contributed by atoms with Crippen LogP contribution in [-0.4, -0.2) is 48.8 Å². The maximum absolute atomic E-state index is 11.2. The molecule has 0 spiro atoms. The number of primary amides is 1. The van der Waals surface area contributed by atoms with Crippen LogP contribution in [0.2, 0.25) is 0 Å². The Balaban J connectivity index is 2.95. The van der Waals surface area contributed by atoms with Gasteiger partial charge in [0.1, 0.15) is 0 Å². The molecular weight excluding hydrogens is 379 g/mol. The second-order valence-corrected chi connectivity index (χ2v) is 11.4. The average molecular weight is 388 g/mol. The molecule has 0 saturated heterocycles. The molecule has 1 amide bonds. The van der Waals surface area contributed by atoms with Gasteiger partial charge >= 0.3 is 121 Å². The Labute approximate surface area is 120 Å². The summed E-state index contributed by atoms with van der Waals surface area (Å²) in [5, 5.41) is 8.81. The van der Waals surface area contributed by atoms with E-state index in [0.717, 1.165) is 18.0 Å². The minimum atomic E-state index is -3.43. The number of carbonyl (C=O) groups is 1. The van der Waals surface area contributed by atoms with Crippen molar-refractivity contribution in [3.8, 4) is 6.19 Å². The van der Waals surface area contributed by atoms with Gasteiger partial charge in [0.2, 0.25) is 0 Å². The fourth-order valence-corrected chi connectivity index (χ4v) is 7.36. The van der Waals surface area contributed by atoms with Crippen LogP contribution in [0.5, 0.6) is 0 Å². The van der Waals surface area contributed by atoms with Gasteiger partial charge < -0.3 is 0 Å². The third-order valence-corrected chi connectivity index (χ3v) is 8.01. The van der Waals surface area contributed by atoms with Crippen LogP contribution in [0.25, 0.3) is 0 Å². The third-order valence-electron chi connectivity index (χ3n) is 1.71. The SMILES string of the molecule is C=C(S[C]1=[In][N](C#N)C=C1NS(C)(=O)=O)C(N)=O. The first-order valence-electron chi connectivity index (χ1n) is 4.49. The summed E-state index contributed by atoms with van der Waals surface area (Å²) in [5.74, 6) is -0.663. The number of rotatable bonds is 5. The van der Waals surface area contributed by atoms with Gasteiger partial charge in [-0.1, -0.05) is 0 Å². The third kappa shape index (κ3) is 4.40. The van der Waals surface area contributed by atoms with Crippen molar-refractivity contribution in [1.29, 1.82) is 5.26 Å². The second kappa shape index (κ2) is 5.81. The van der Waals surface area contributed by atoms with Gasteiger partial charge in [-0.15, -0.1) is 0 Å². The molecule has 3 N–H and O–H groups in total. The number of nitriles is 1. The number of sulfonamides is 1. The van der Waals surface area contributed by atoms with E-state index in [1.54, 1.807) is 0 Å². The van der Waals surface area contributed by atoms with Crippen LogP contribution in [0.1, 0.15) is 0 Å². The van der Waals surface area contributed by atoms with Crippen molar-refractivity contribution in [1.82, 2.24) is 7.61 Å². The van der Waals surface area contributed by atoms with Crippen molar-refractivity contribution >= 4 is 53.0 Å². The van der Waals surface area contributed by atoms with Gasteiger partial charge in [-0.05, 0) is 0 Å². The molecule has 7 nitrogen and oxygen atoms in total. The fraction of sp³-hybridized carbons (Fsp3) is 0.125. The summed E-state index contributed by atoms with van der Waals surface area (Å²) in [6.07, 6.45) is 4.38. The summed E-state index contributed by atoms with van der Waals surface area (Å²) in [6, 6.07) is 0. The number of nitrogens with zero attached hydrogens (tertiary/aromatic N) is 2. The van der Waals surface area contributed by atoms with Gasteiger partial charge in [-0.3, -0.25) is 0 Å². The van der Waals surface area contributed by atoms with Crippen LogP contribution in [0.3, 0.4) is 0 Å². The van der Waals surface area contributed by atoms with E-state index in [2.05, 4.69) is 11.3 Å². The normalized spacial score (nSPS) is 14.1. The molecule has 1 rings (SSSR count). The van der Waals surface area contributed by atoms with Crippen molar-refractivity contribution in [3.05, 3.63) is 23.4 Å². The molecule has 0 fully saturated rings. The number of amides is 1. The molecule has 0 aromatic rings. The number of thioether (sulfide) groups is 1. The quantitative estimate of drug-likeness (QED) is 0.445. The Morgan fingerprint density at radius 3 is 2.78 bits per heavy atom. The first-order chi connectivity index (χ1) is 8.23. The zero-order chi connectivity index (χ0) is 13.9. The maximum atomic E-state index is 11.2. The first kappa shape index (κ1) is 15.1. The number of carbonyl (C=O) groups excluding carboxylic acids is 1. The molecule has 0 radical (unpaired) electrons. The van der Waals surface area contributed by atoms with E-state index in [0.29, 0.717) is 8.28 Å². The molecule has 0 bridgehead atoms. The van der Waals surface area contributed by atoms with Crippen LogP contribution in [-0.2, 0) is 14.8 Å². The van der Waals surface area contributed by atoms with Crippen LogP contribution < -0.4 is 10.5 Å². The van der Waals surface area contributed by atoms with Crippen LogP contribution >= 0.6 is 11.8 Å². The first-order valence-corrected chi connectivity index (χ1v) is 10.3. The van der Waals surface area contributed by atoms with Gasteiger partial charge in [0.05, 0.1) is 0 Å². The van der Waals surface area contributed by atoms with Crippen molar-refractivity contribution in [2.75, 3.05) is 6.26 Å². The number of nitrogens with one attached hydrogen (secondary N) is 1. The molecule has 10 heteroatoms.